The SMILES string of the molecule is CCOC(=O)C1=C(c2ccccc2)N=c2s/c(=C\c3ccc(-c4ccc(C(=O)OC(C)C)cc4C)o3)c(=O)n2[C@H]1c1cc(Cl)ccc1OC. The van der Waals surface area contributed by atoms with Gasteiger partial charge < -0.3 is 18.6 Å². The van der Waals surface area contributed by atoms with Crippen LogP contribution in [0.1, 0.15) is 59.6 Å². The van der Waals surface area contributed by atoms with Crippen molar-refractivity contribution in [3.05, 3.63) is 137 Å². The summed E-state index contributed by atoms with van der Waals surface area (Å²) in [5.74, 6) is 0.441. The Morgan fingerprint density at radius 3 is 2.51 bits per heavy atom. The maximum atomic E-state index is 14.3. The van der Waals surface area contributed by atoms with Gasteiger partial charge in [0.05, 0.1) is 41.2 Å². The van der Waals surface area contributed by atoms with Gasteiger partial charge in [-0.25, -0.2) is 14.6 Å². The van der Waals surface area contributed by atoms with Crippen molar-refractivity contribution in [1.82, 2.24) is 4.57 Å². The van der Waals surface area contributed by atoms with E-state index in [2.05, 4.69) is 0 Å². The Morgan fingerprint density at radius 2 is 1.82 bits per heavy atom. The first kappa shape index (κ1) is 33.7. The fourth-order valence-electron chi connectivity index (χ4n) is 5.71. The van der Waals surface area contributed by atoms with Gasteiger partial charge in [0.15, 0.2) is 4.80 Å². The van der Waals surface area contributed by atoms with Crippen molar-refractivity contribution in [3.63, 3.8) is 0 Å². The van der Waals surface area contributed by atoms with E-state index in [1.165, 1.54) is 23.0 Å². The van der Waals surface area contributed by atoms with Crippen molar-refractivity contribution in [3.8, 4) is 17.1 Å². The second-order valence-electron chi connectivity index (χ2n) is 11.5. The van der Waals surface area contributed by atoms with Crippen LogP contribution in [0.5, 0.6) is 5.75 Å². The van der Waals surface area contributed by atoms with Crippen molar-refractivity contribution < 1.29 is 28.2 Å². The zero-order valence-corrected chi connectivity index (χ0v) is 29.1. The Balaban J connectivity index is 1.50. The number of hydrogen-bond donors (Lipinski definition) is 0. The van der Waals surface area contributed by atoms with Crippen molar-refractivity contribution >= 4 is 46.6 Å². The molecule has 1 aliphatic heterocycles. The average Bonchev–Trinajstić information content (AvgIpc) is 3.67. The fraction of sp³-hybridized carbons (Fsp3) is 0.211. The third-order valence-electron chi connectivity index (χ3n) is 7.83. The molecule has 1 aliphatic rings. The Bertz CT molecular complexity index is 2280. The molecule has 3 heterocycles. The molecule has 0 aliphatic carbocycles. The van der Waals surface area contributed by atoms with E-state index in [0.717, 1.165) is 11.1 Å². The van der Waals surface area contributed by atoms with Gasteiger partial charge in [-0.1, -0.05) is 59.3 Å². The molecule has 250 valence electrons. The number of carbonyl (C=O) groups is 2. The van der Waals surface area contributed by atoms with Gasteiger partial charge >= 0.3 is 11.9 Å². The molecular weight excluding hydrogens is 664 g/mol. The molecule has 0 fully saturated rings. The Morgan fingerprint density at radius 1 is 1.04 bits per heavy atom. The predicted molar refractivity (Wildman–Crippen MR) is 188 cm³/mol. The monoisotopic (exact) mass is 696 g/mol. The van der Waals surface area contributed by atoms with Crippen LogP contribution in [-0.2, 0) is 14.3 Å². The minimum atomic E-state index is -0.961. The summed E-state index contributed by atoms with van der Waals surface area (Å²) in [4.78, 5) is 45.7. The van der Waals surface area contributed by atoms with E-state index in [1.807, 2.05) is 49.4 Å². The Labute approximate surface area is 291 Å². The fourth-order valence-corrected chi connectivity index (χ4v) is 6.87. The van der Waals surface area contributed by atoms with Gasteiger partial charge in [0.25, 0.3) is 5.56 Å². The number of thiazole rings is 1. The number of esters is 2. The molecule has 3 aromatic carbocycles. The number of furan rings is 1. The molecule has 49 heavy (non-hydrogen) atoms. The highest BCUT2D eigenvalue weighted by Gasteiger charge is 2.37. The molecule has 9 nitrogen and oxygen atoms in total. The van der Waals surface area contributed by atoms with Crippen LogP contribution >= 0.6 is 22.9 Å². The van der Waals surface area contributed by atoms with Gasteiger partial charge in [0, 0.05) is 27.8 Å². The molecule has 6 rings (SSSR count). The van der Waals surface area contributed by atoms with Crippen molar-refractivity contribution in [2.24, 2.45) is 4.99 Å². The van der Waals surface area contributed by atoms with E-state index < -0.39 is 18.0 Å². The molecule has 2 aromatic heterocycles. The topological polar surface area (TPSA) is 109 Å². The zero-order valence-electron chi connectivity index (χ0n) is 27.5. The largest absolute Gasteiger partial charge is 0.496 e. The summed E-state index contributed by atoms with van der Waals surface area (Å²) in [6.07, 6.45) is 1.43. The summed E-state index contributed by atoms with van der Waals surface area (Å²) < 4.78 is 24.6. The van der Waals surface area contributed by atoms with Gasteiger partial charge in [-0.15, -0.1) is 0 Å². The van der Waals surface area contributed by atoms with Crippen molar-refractivity contribution in [2.75, 3.05) is 13.7 Å². The van der Waals surface area contributed by atoms with E-state index in [-0.39, 0.29) is 23.8 Å². The number of carbonyl (C=O) groups excluding carboxylic acids is 2. The van der Waals surface area contributed by atoms with Crippen LogP contribution in [0.25, 0.3) is 23.1 Å². The maximum Gasteiger partial charge on any atom is 0.338 e. The first-order valence-electron chi connectivity index (χ1n) is 15.6. The number of aryl methyl sites for hydroxylation is 1. The summed E-state index contributed by atoms with van der Waals surface area (Å²) >= 11 is 7.66. The minimum absolute atomic E-state index is 0.124. The molecule has 0 bridgehead atoms. The lowest BCUT2D eigenvalue weighted by atomic mass is 9.92. The first-order chi connectivity index (χ1) is 23.6. The lowest BCUT2D eigenvalue weighted by molar-refractivity contribution is -0.138. The molecule has 11 heteroatoms. The first-order valence-corrected chi connectivity index (χ1v) is 16.8. The second-order valence-corrected chi connectivity index (χ2v) is 12.9. The van der Waals surface area contributed by atoms with Crippen LogP contribution in [0.15, 0.2) is 98.6 Å². The number of fused-ring (bicyclic) bond motifs is 1. The van der Waals surface area contributed by atoms with Crippen LogP contribution < -0.4 is 19.6 Å². The maximum absolute atomic E-state index is 14.3. The number of aromatic nitrogens is 1. The summed E-state index contributed by atoms with van der Waals surface area (Å²) in [5.41, 5.74) is 3.45. The molecule has 0 spiro atoms. The van der Waals surface area contributed by atoms with E-state index in [4.69, 9.17) is 35.2 Å². The highest BCUT2D eigenvalue weighted by molar-refractivity contribution is 7.07. The molecule has 1 atom stereocenters. The van der Waals surface area contributed by atoms with Gasteiger partial charge in [-0.3, -0.25) is 9.36 Å². The summed E-state index contributed by atoms with van der Waals surface area (Å²) in [7, 11) is 1.52. The van der Waals surface area contributed by atoms with Gasteiger partial charge in [-0.2, -0.15) is 0 Å². The van der Waals surface area contributed by atoms with Crippen molar-refractivity contribution in [1.29, 1.82) is 0 Å². The standard InChI is InChI=1S/C38H33ClN2O7S/c1-6-46-37(44)32-33(23-10-8-7-9-11-23)40-38-41(34(32)28-19-25(39)13-16-29(28)45-5)35(42)31(49-38)20-26-14-17-30(48-26)27-15-12-24(18-22(27)4)36(43)47-21(2)3/h7-21,34H,6H2,1-5H3/b31-20-/t34-/m0/s1. The Kier molecular flexibility index (Phi) is 9.71. The van der Waals surface area contributed by atoms with E-state index in [9.17, 15) is 14.4 Å². The van der Waals surface area contributed by atoms with E-state index in [0.29, 0.717) is 54.0 Å². The number of benzene rings is 3. The van der Waals surface area contributed by atoms with Crippen molar-refractivity contribution in [2.45, 2.75) is 39.8 Å². The zero-order chi connectivity index (χ0) is 34.8. The van der Waals surface area contributed by atoms with Crippen LogP contribution in [0.2, 0.25) is 5.02 Å². The normalized spacial score (nSPS) is 14.4. The molecule has 0 radical (unpaired) electrons. The highest BCUT2D eigenvalue weighted by atomic mass is 35.5. The second kappa shape index (κ2) is 14.1. The lowest BCUT2D eigenvalue weighted by Crippen LogP contribution is -2.40. The number of halogens is 1. The number of methoxy groups -OCH3 is 1. The molecule has 0 saturated heterocycles. The summed E-state index contributed by atoms with van der Waals surface area (Å²) in [6.45, 7) is 7.34. The third-order valence-corrected chi connectivity index (χ3v) is 9.05. The minimum Gasteiger partial charge on any atom is -0.496 e. The van der Waals surface area contributed by atoms with E-state index in [1.54, 1.807) is 63.2 Å². The smallest absolute Gasteiger partial charge is 0.338 e. The summed E-state index contributed by atoms with van der Waals surface area (Å²) in [5, 5.41) is 0.405. The lowest BCUT2D eigenvalue weighted by Gasteiger charge is -2.27. The van der Waals surface area contributed by atoms with Crippen LogP contribution in [0.4, 0.5) is 0 Å². The third kappa shape index (κ3) is 6.75. The summed E-state index contributed by atoms with van der Waals surface area (Å²) in [6, 6.07) is 22.2. The van der Waals surface area contributed by atoms with Gasteiger partial charge in [0.2, 0.25) is 0 Å². The average molecular weight is 697 g/mol. The highest BCUT2D eigenvalue weighted by Crippen LogP contribution is 2.40. The number of hydrogen-bond acceptors (Lipinski definition) is 9. The molecule has 0 saturated carbocycles. The quantitative estimate of drug-likeness (QED) is 0.157. The molecular formula is C38H33ClN2O7S. The molecule has 0 N–H and O–H groups in total. The number of rotatable bonds is 9. The number of nitrogens with zero attached hydrogens (tertiary/aromatic N) is 2. The molecule has 0 amide bonds. The predicted octanol–water partition coefficient (Wildman–Crippen LogP) is 6.73. The number of ether oxygens (including phenoxy) is 3. The Hall–Kier alpha value is -5.19. The van der Waals surface area contributed by atoms with Crippen LogP contribution in [0, 0.1) is 6.92 Å². The van der Waals surface area contributed by atoms with Crippen LogP contribution in [-0.4, -0.2) is 36.3 Å². The molecule has 0 unspecified atom stereocenters. The van der Waals surface area contributed by atoms with E-state index >= 15 is 0 Å². The van der Waals surface area contributed by atoms with Crippen LogP contribution in [0.3, 0.4) is 0 Å². The van der Waals surface area contributed by atoms with Gasteiger partial charge in [-0.05, 0) is 75.7 Å². The molecule has 5 aromatic rings. The van der Waals surface area contributed by atoms with Gasteiger partial charge in [0.1, 0.15) is 23.3 Å².